The van der Waals surface area contributed by atoms with Crippen LogP contribution in [0.15, 0.2) is 6.20 Å². The summed E-state index contributed by atoms with van der Waals surface area (Å²) in [4.78, 5) is 2.61. The van der Waals surface area contributed by atoms with Crippen molar-refractivity contribution in [2.45, 2.75) is 56.7 Å². The van der Waals surface area contributed by atoms with Gasteiger partial charge in [0.25, 0.3) is 0 Å². The summed E-state index contributed by atoms with van der Waals surface area (Å²) in [7, 11) is 2.06. The maximum Gasteiger partial charge on any atom is 0.0867 e. The molecular weight excluding hydrogens is 312 g/mol. The summed E-state index contributed by atoms with van der Waals surface area (Å²) in [5.41, 5.74) is 2.82. The first-order valence-corrected chi connectivity index (χ1v) is 8.90. The van der Waals surface area contributed by atoms with Gasteiger partial charge in [0, 0.05) is 56.9 Å². The van der Waals surface area contributed by atoms with E-state index in [4.69, 9.17) is 9.84 Å². The Morgan fingerprint density at radius 3 is 2.91 bits per heavy atom. The van der Waals surface area contributed by atoms with E-state index in [0.29, 0.717) is 18.1 Å². The van der Waals surface area contributed by atoms with E-state index in [9.17, 15) is 0 Å². The SMILES string of the molecule is Cl.Cn1cc(CN2CCO[C@H]3CNC[C@H]32)c(C2CCCCC2)n1. The fourth-order valence-electron chi connectivity index (χ4n) is 4.47. The van der Waals surface area contributed by atoms with Crippen molar-refractivity contribution in [2.24, 2.45) is 7.05 Å². The summed E-state index contributed by atoms with van der Waals surface area (Å²) in [5, 5.41) is 8.30. The van der Waals surface area contributed by atoms with Gasteiger partial charge < -0.3 is 10.1 Å². The number of hydrogen-bond donors (Lipinski definition) is 1. The van der Waals surface area contributed by atoms with Gasteiger partial charge in [0.05, 0.1) is 18.4 Å². The Hall–Kier alpha value is -0.620. The van der Waals surface area contributed by atoms with Crippen molar-refractivity contribution >= 4 is 12.4 Å². The maximum absolute atomic E-state index is 5.90. The van der Waals surface area contributed by atoms with Crippen LogP contribution in [0.2, 0.25) is 0 Å². The average molecular weight is 341 g/mol. The van der Waals surface area contributed by atoms with Crippen LogP contribution >= 0.6 is 12.4 Å². The number of hydrogen-bond acceptors (Lipinski definition) is 4. The molecule has 130 valence electrons. The minimum Gasteiger partial charge on any atom is -0.374 e. The fourth-order valence-corrected chi connectivity index (χ4v) is 4.47. The van der Waals surface area contributed by atoms with Crippen LogP contribution < -0.4 is 5.32 Å². The molecule has 0 unspecified atom stereocenters. The van der Waals surface area contributed by atoms with Crippen LogP contribution in [0.5, 0.6) is 0 Å². The second kappa shape index (κ2) is 7.51. The number of nitrogens with one attached hydrogen (secondary N) is 1. The van der Waals surface area contributed by atoms with Crippen molar-refractivity contribution in [1.29, 1.82) is 0 Å². The molecule has 4 rings (SSSR count). The number of morpholine rings is 1. The van der Waals surface area contributed by atoms with Crippen molar-refractivity contribution in [1.82, 2.24) is 20.0 Å². The van der Waals surface area contributed by atoms with Gasteiger partial charge in [0.2, 0.25) is 0 Å². The van der Waals surface area contributed by atoms with Crippen molar-refractivity contribution in [3.8, 4) is 0 Å². The molecule has 1 aliphatic carbocycles. The number of rotatable bonds is 3. The molecule has 3 fully saturated rings. The number of fused-ring (bicyclic) bond motifs is 1. The maximum atomic E-state index is 5.90. The molecule has 0 bridgehead atoms. The van der Waals surface area contributed by atoms with Gasteiger partial charge in [-0.2, -0.15) is 5.10 Å². The van der Waals surface area contributed by atoms with Crippen LogP contribution in [0.25, 0.3) is 0 Å². The van der Waals surface area contributed by atoms with E-state index in [1.54, 1.807) is 0 Å². The minimum absolute atomic E-state index is 0. The lowest BCUT2D eigenvalue weighted by atomic mass is 9.85. The van der Waals surface area contributed by atoms with Gasteiger partial charge in [0.1, 0.15) is 0 Å². The highest BCUT2D eigenvalue weighted by Gasteiger charge is 2.36. The zero-order valence-corrected chi connectivity index (χ0v) is 14.9. The summed E-state index contributed by atoms with van der Waals surface area (Å²) >= 11 is 0. The second-order valence-electron chi connectivity index (χ2n) is 7.15. The highest BCUT2D eigenvalue weighted by Crippen LogP contribution is 2.34. The van der Waals surface area contributed by atoms with E-state index >= 15 is 0 Å². The first-order chi connectivity index (χ1) is 10.8. The van der Waals surface area contributed by atoms with Gasteiger partial charge in [-0.3, -0.25) is 9.58 Å². The number of aryl methyl sites for hydroxylation is 1. The van der Waals surface area contributed by atoms with Crippen molar-refractivity contribution in [2.75, 3.05) is 26.2 Å². The smallest absolute Gasteiger partial charge is 0.0867 e. The minimum atomic E-state index is 0. The van der Waals surface area contributed by atoms with Gasteiger partial charge in [0.15, 0.2) is 0 Å². The summed E-state index contributed by atoms with van der Waals surface area (Å²) in [6.07, 6.45) is 9.40. The highest BCUT2D eigenvalue weighted by molar-refractivity contribution is 5.85. The van der Waals surface area contributed by atoms with Gasteiger partial charge in [-0.05, 0) is 12.8 Å². The quantitative estimate of drug-likeness (QED) is 0.914. The van der Waals surface area contributed by atoms with E-state index in [1.165, 1.54) is 43.4 Å². The largest absolute Gasteiger partial charge is 0.374 e. The summed E-state index contributed by atoms with van der Waals surface area (Å²) in [5.74, 6) is 0.684. The highest BCUT2D eigenvalue weighted by atomic mass is 35.5. The van der Waals surface area contributed by atoms with E-state index in [-0.39, 0.29) is 12.4 Å². The van der Waals surface area contributed by atoms with E-state index in [0.717, 1.165) is 32.8 Å². The third-order valence-corrected chi connectivity index (χ3v) is 5.61. The monoisotopic (exact) mass is 340 g/mol. The molecule has 6 heteroatoms. The van der Waals surface area contributed by atoms with Gasteiger partial charge >= 0.3 is 0 Å². The molecular formula is C17H29ClN4O. The molecule has 0 radical (unpaired) electrons. The molecule has 3 heterocycles. The predicted octanol–water partition coefficient (Wildman–Crippen LogP) is 2.06. The van der Waals surface area contributed by atoms with Crippen LogP contribution in [0, 0.1) is 0 Å². The Morgan fingerprint density at radius 2 is 2.09 bits per heavy atom. The molecule has 1 saturated carbocycles. The van der Waals surface area contributed by atoms with E-state index < -0.39 is 0 Å². The Bertz CT molecular complexity index is 515. The Balaban J connectivity index is 0.00000156. The van der Waals surface area contributed by atoms with Gasteiger partial charge in [-0.1, -0.05) is 19.3 Å². The third kappa shape index (κ3) is 3.58. The fraction of sp³-hybridized carbons (Fsp3) is 0.824. The molecule has 0 amide bonds. The number of aromatic nitrogens is 2. The summed E-state index contributed by atoms with van der Waals surface area (Å²) in [6.45, 7) is 5.00. The summed E-state index contributed by atoms with van der Waals surface area (Å²) in [6, 6.07) is 0.535. The van der Waals surface area contributed by atoms with Crippen molar-refractivity contribution < 1.29 is 4.74 Å². The molecule has 2 atom stereocenters. The van der Waals surface area contributed by atoms with Crippen molar-refractivity contribution in [3.05, 3.63) is 17.5 Å². The zero-order valence-electron chi connectivity index (χ0n) is 14.0. The molecule has 2 saturated heterocycles. The standard InChI is InChI=1S/C17H28N4O.ClH/c1-20-11-14(17(19-20)13-5-3-2-4-6-13)12-21-7-8-22-16-10-18-9-15(16)21;/h11,13,15-16,18H,2-10,12H2,1H3;1H/t15-,16+;/m1./s1. The van der Waals surface area contributed by atoms with Crippen molar-refractivity contribution in [3.63, 3.8) is 0 Å². The topological polar surface area (TPSA) is 42.3 Å². The van der Waals surface area contributed by atoms with Crippen LogP contribution in [0.1, 0.15) is 49.3 Å². The number of nitrogens with zero attached hydrogens (tertiary/aromatic N) is 3. The molecule has 5 nitrogen and oxygen atoms in total. The van der Waals surface area contributed by atoms with Gasteiger partial charge in [-0.25, -0.2) is 0 Å². The normalized spacial score (nSPS) is 29.3. The van der Waals surface area contributed by atoms with Crippen LogP contribution in [-0.4, -0.2) is 53.1 Å². The zero-order chi connectivity index (χ0) is 14.9. The predicted molar refractivity (Wildman–Crippen MR) is 93.1 cm³/mol. The molecule has 1 N–H and O–H groups in total. The molecule has 1 aromatic rings. The average Bonchev–Trinajstić information content (AvgIpc) is 3.15. The Morgan fingerprint density at radius 1 is 1.26 bits per heavy atom. The number of halogens is 1. The molecule has 3 aliphatic rings. The molecule has 2 aliphatic heterocycles. The lowest BCUT2D eigenvalue weighted by molar-refractivity contribution is -0.0501. The third-order valence-electron chi connectivity index (χ3n) is 5.61. The number of ether oxygens (including phenoxy) is 1. The van der Waals surface area contributed by atoms with E-state index in [1.807, 2.05) is 4.68 Å². The molecule has 0 spiro atoms. The molecule has 0 aromatic carbocycles. The van der Waals surface area contributed by atoms with Crippen LogP contribution in [-0.2, 0) is 18.3 Å². The lowest BCUT2D eigenvalue weighted by Crippen LogP contribution is -2.50. The second-order valence-corrected chi connectivity index (χ2v) is 7.15. The van der Waals surface area contributed by atoms with Crippen LogP contribution in [0.3, 0.4) is 0 Å². The van der Waals surface area contributed by atoms with E-state index in [2.05, 4.69) is 23.5 Å². The molecule has 23 heavy (non-hydrogen) atoms. The van der Waals surface area contributed by atoms with Crippen LogP contribution in [0.4, 0.5) is 0 Å². The Labute approximate surface area is 145 Å². The molecule has 1 aromatic heterocycles. The first kappa shape index (κ1) is 17.2. The summed E-state index contributed by atoms with van der Waals surface area (Å²) < 4.78 is 7.91. The lowest BCUT2D eigenvalue weighted by Gasteiger charge is -2.37. The van der Waals surface area contributed by atoms with Gasteiger partial charge in [-0.15, -0.1) is 12.4 Å². The first-order valence-electron chi connectivity index (χ1n) is 8.90. The Kier molecular flexibility index (Phi) is 5.62.